The number of nitrogens with zero attached hydrogens (tertiary/aromatic N) is 1. The summed E-state index contributed by atoms with van der Waals surface area (Å²) in [5.41, 5.74) is 10.3. The largest absolute Gasteiger partial charge is 0.403 e. The van der Waals surface area contributed by atoms with E-state index in [1.807, 2.05) is 0 Å². The molecule has 0 saturated carbocycles. The maximum Gasteiger partial charge on any atom is 0.0745 e. The topological polar surface area (TPSA) is 76.5 Å². The molecule has 0 aromatic heterocycles. The highest BCUT2D eigenvalue weighted by molar-refractivity contribution is 5.64. The Morgan fingerprint density at radius 3 is 3.05 bits per heavy atom. The summed E-state index contributed by atoms with van der Waals surface area (Å²) in [4.78, 5) is 0. The van der Waals surface area contributed by atoms with Gasteiger partial charge in [0.25, 0.3) is 0 Å². The third-order valence-electron chi connectivity index (χ3n) is 3.39. The SMILES string of the molecule is COCCN(N)/C(=C\N)c1ccc2c(c1)CNCC2. The zero-order valence-electron chi connectivity index (χ0n) is 11.4. The molecule has 0 amide bonds. The Morgan fingerprint density at radius 1 is 1.47 bits per heavy atom. The molecule has 1 aliphatic heterocycles. The number of nitrogens with two attached hydrogens (primary N) is 2. The first-order valence-electron chi connectivity index (χ1n) is 6.52. The molecule has 1 heterocycles. The third-order valence-corrected chi connectivity index (χ3v) is 3.39. The van der Waals surface area contributed by atoms with Gasteiger partial charge in [-0.2, -0.15) is 0 Å². The van der Waals surface area contributed by atoms with E-state index in [0.29, 0.717) is 13.2 Å². The predicted molar refractivity (Wildman–Crippen MR) is 76.8 cm³/mol. The van der Waals surface area contributed by atoms with Gasteiger partial charge in [-0.05, 0) is 30.2 Å². The minimum absolute atomic E-state index is 0.570. The van der Waals surface area contributed by atoms with Crippen LogP contribution in [0.5, 0.6) is 0 Å². The normalized spacial score (nSPS) is 15.2. The Labute approximate surface area is 114 Å². The average molecular weight is 262 g/mol. The highest BCUT2D eigenvalue weighted by Gasteiger charge is 2.13. The van der Waals surface area contributed by atoms with Gasteiger partial charge in [0, 0.05) is 25.4 Å². The van der Waals surface area contributed by atoms with Crippen LogP contribution in [0.3, 0.4) is 0 Å². The van der Waals surface area contributed by atoms with Crippen molar-refractivity contribution < 1.29 is 4.74 Å². The van der Waals surface area contributed by atoms with Crippen LogP contribution in [-0.4, -0.2) is 31.8 Å². The lowest BCUT2D eigenvalue weighted by Crippen LogP contribution is -2.33. The van der Waals surface area contributed by atoms with Crippen LogP contribution in [-0.2, 0) is 17.7 Å². The number of nitrogens with one attached hydrogen (secondary N) is 1. The molecule has 0 unspecified atom stereocenters. The Morgan fingerprint density at radius 2 is 2.32 bits per heavy atom. The first-order valence-corrected chi connectivity index (χ1v) is 6.52. The fraction of sp³-hybridized carbons (Fsp3) is 0.429. The van der Waals surface area contributed by atoms with Crippen LogP contribution in [0.4, 0.5) is 0 Å². The summed E-state index contributed by atoms with van der Waals surface area (Å²) in [6.45, 7) is 3.13. The van der Waals surface area contributed by atoms with Crippen LogP contribution >= 0.6 is 0 Å². The molecule has 0 spiro atoms. The Hall–Kier alpha value is -1.56. The van der Waals surface area contributed by atoms with Crippen LogP contribution in [0, 0.1) is 0 Å². The molecule has 0 fully saturated rings. The van der Waals surface area contributed by atoms with Crippen molar-refractivity contribution in [3.05, 3.63) is 41.1 Å². The number of ether oxygens (including phenoxy) is 1. The lowest BCUT2D eigenvalue weighted by Gasteiger charge is -2.23. The number of fused-ring (bicyclic) bond motifs is 1. The number of hydrogen-bond donors (Lipinski definition) is 3. The second-order valence-corrected chi connectivity index (χ2v) is 4.65. The van der Waals surface area contributed by atoms with Gasteiger partial charge in [-0.1, -0.05) is 12.1 Å². The third kappa shape index (κ3) is 3.26. The molecule has 5 heteroatoms. The first kappa shape index (κ1) is 13.9. The quantitative estimate of drug-likeness (QED) is 0.529. The lowest BCUT2D eigenvalue weighted by molar-refractivity contribution is 0.173. The van der Waals surface area contributed by atoms with Gasteiger partial charge in [-0.15, -0.1) is 0 Å². The van der Waals surface area contributed by atoms with E-state index in [4.69, 9.17) is 16.3 Å². The van der Waals surface area contributed by atoms with Crippen molar-refractivity contribution in [3.63, 3.8) is 0 Å². The summed E-state index contributed by atoms with van der Waals surface area (Å²) < 4.78 is 5.03. The monoisotopic (exact) mass is 262 g/mol. The van der Waals surface area contributed by atoms with Gasteiger partial charge in [0.2, 0.25) is 0 Å². The van der Waals surface area contributed by atoms with Crippen LogP contribution in [0.25, 0.3) is 5.70 Å². The van der Waals surface area contributed by atoms with Crippen LogP contribution in [0.1, 0.15) is 16.7 Å². The molecule has 5 nitrogen and oxygen atoms in total. The van der Waals surface area contributed by atoms with Gasteiger partial charge in [-0.3, -0.25) is 0 Å². The van der Waals surface area contributed by atoms with E-state index >= 15 is 0 Å². The van der Waals surface area contributed by atoms with Crippen LogP contribution in [0.2, 0.25) is 0 Å². The molecule has 104 valence electrons. The Kier molecular flexibility index (Phi) is 4.79. The number of rotatable bonds is 5. The van der Waals surface area contributed by atoms with Crippen molar-refractivity contribution in [2.45, 2.75) is 13.0 Å². The first-order chi connectivity index (χ1) is 9.26. The standard InChI is InChI=1S/C14H22N4O/c1-19-7-6-18(16)14(9-15)12-3-2-11-4-5-17-10-13(11)8-12/h2-3,8-9,17H,4-7,10,15-16H2,1H3/b14-9-. The number of hydrogen-bond acceptors (Lipinski definition) is 5. The van der Waals surface area contributed by atoms with Gasteiger partial charge < -0.3 is 20.8 Å². The second-order valence-electron chi connectivity index (χ2n) is 4.65. The number of benzene rings is 1. The van der Waals surface area contributed by atoms with Crippen molar-refractivity contribution in [1.29, 1.82) is 0 Å². The predicted octanol–water partition coefficient (Wildman–Crippen LogP) is 0.412. The average Bonchev–Trinajstić information content (AvgIpc) is 2.45. The minimum Gasteiger partial charge on any atom is -0.403 e. The van der Waals surface area contributed by atoms with E-state index in [2.05, 4.69) is 23.5 Å². The maximum absolute atomic E-state index is 6.01. The van der Waals surface area contributed by atoms with Crippen molar-refractivity contribution in [1.82, 2.24) is 10.3 Å². The molecule has 19 heavy (non-hydrogen) atoms. The molecular formula is C14H22N4O. The summed E-state index contributed by atoms with van der Waals surface area (Å²) in [6.07, 6.45) is 2.63. The van der Waals surface area contributed by atoms with Gasteiger partial charge in [0.05, 0.1) is 18.8 Å². The molecule has 0 radical (unpaired) electrons. The van der Waals surface area contributed by atoms with E-state index in [-0.39, 0.29) is 0 Å². The van der Waals surface area contributed by atoms with Crippen LogP contribution in [0.15, 0.2) is 24.4 Å². The second kappa shape index (κ2) is 6.56. The molecule has 1 aliphatic rings. The van der Waals surface area contributed by atoms with E-state index in [1.54, 1.807) is 18.3 Å². The zero-order chi connectivity index (χ0) is 13.7. The summed E-state index contributed by atoms with van der Waals surface area (Å²) in [7, 11) is 1.66. The van der Waals surface area contributed by atoms with Crippen molar-refractivity contribution in [3.8, 4) is 0 Å². The summed E-state index contributed by atoms with van der Waals surface area (Å²) in [6, 6.07) is 6.40. The summed E-state index contributed by atoms with van der Waals surface area (Å²) in [5, 5.41) is 5.00. The van der Waals surface area contributed by atoms with E-state index in [9.17, 15) is 0 Å². The lowest BCUT2D eigenvalue weighted by atomic mass is 9.97. The molecule has 0 bridgehead atoms. The minimum atomic E-state index is 0.570. The fourth-order valence-electron chi connectivity index (χ4n) is 2.31. The van der Waals surface area contributed by atoms with Crippen molar-refractivity contribution in [2.75, 3.05) is 26.8 Å². The molecule has 0 aliphatic carbocycles. The Balaban J connectivity index is 2.19. The van der Waals surface area contributed by atoms with Crippen LogP contribution < -0.4 is 16.9 Å². The molecule has 5 N–H and O–H groups in total. The molecule has 0 atom stereocenters. The highest BCUT2D eigenvalue weighted by Crippen LogP contribution is 2.21. The van der Waals surface area contributed by atoms with E-state index < -0.39 is 0 Å². The molecule has 0 saturated heterocycles. The van der Waals surface area contributed by atoms with E-state index in [1.165, 1.54) is 11.1 Å². The highest BCUT2D eigenvalue weighted by atomic mass is 16.5. The van der Waals surface area contributed by atoms with Gasteiger partial charge in [0.15, 0.2) is 0 Å². The molecule has 1 aromatic carbocycles. The fourth-order valence-corrected chi connectivity index (χ4v) is 2.31. The zero-order valence-corrected chi connectivity index (χ0v) is 11.4. The van der Waals surface area contributed by atoms with Gasteiger partial charge >= 0.3 is 0 Å². The Bertz CT molecular complexity index is 459. The van der Waals surface area contributed by atoms with Gasteiger partial charge in [-0.25, -0.2) is 5.84 Å². The van der Waals surface area contributed by atoms with Gasteiger partial charge in [0.1, 0.15) is 0 Å². The number of methoxy groups -OCH3 is 1. The van der Waals surface area contributed by atoms with E-state index in [0.717, 1.165) is 30.8 Å². The van der Waals surface area contributed by atoms with Crippen molar-refractivity contribution >= 4 is 5.70 Å². The molecular weight excluding hydrogens is 240 g/mol. The maximum atomic E-state index is 6.01. The number of hydrazine groups is 1. The summed E-state index contributed by atoms with van der Waals surface area (Å²) >= 11 is 0. The molecule has 1 aromatic rings. The summed E-state index contributed by atoms with van der Waals surface area (Å²) in [5.74, 6) is 6.01. The molecule has 2 rings (SSSR count). The van der Waals surface area contributed by atoms with Crippen molar-refractivity contribution in [2.24, 2.45) is 11.6 Å². The smallest absolute Gasteiger partial charge is 0.0745 e.